The van der Waals surface area contributed by atoms with Gasteiger partial charge in [0.25, 0.3) is 0 Å². The van der Waals surface area contributed by atoms with Gasteiger partial charge in [-0.25, -0.2) is 0 Å². The highest BCUT2D eigenvalue weighted by Gasteiger charge is 2.19. The molecule has 92 valence electrons. The van der Waals surface area contributed by atoms with Crippen LogP contribution in [-0.2, 0) is 6.42 Å². The Kier molecular flexibility index (Phi) is 3.04. The summed E-state index contributed by atoms with van der Waals surface area (Å²) in [6, 6.07) is 15.6. The van der Waals surface area contributed by atoms with Crippen molar-refractivity contribution in [3.8, 4) is 0 Å². The Labute approximate surface area is 113 Å². The first-order valence-corrected chi connectivity index (χ1v) is 7.51. The Bertz CT molecular complexity index is 560. The fourth-order valence-corrected chi connectivity index (χ4v) is 2.97. The molecule has 0 fully saturated rings. The predicted octanol–water partition coefficient (Wildman–Crippen LogP) is 4.41. The summed E-state index contributed by atoms with van der Waals surface area (Å²) in [5, 5.41) is 0. The van der Waals surface area contributed by atoms with Crippen molar-refractivity contribution in [1.29, 1.82) is 0 Å². The minimum absolute atomic E-state index is 1.09. The first kappa shape index (κ1) is 11.7. The van der Waals surface area contributed by atoms with Crippen molar-refractivity contribution in [1.82, 2.24) is 0 Å². The van der Waals surface area contributed by atoms with E-state index in [1.54, 1.807) is 11.8 Å². The predicted molar refractivity (Wildman–Crippen MR) is 80.1 cm³/mol. The van der Waals surface area contributed by atoms with Crippen LogP contribution in [0.25, 0.3) is 0 Å². The molecule has 0 saturated heterocycles. The fraction of sp³-hybridized carbons (Fsp3) is 0.250. The lowest BCUT2D eigenvalue weighted by Crippen LogP contribution is -2.12. The Balaban J connectivity index is 1.95. The van der Waals surface area contributed by atoms with Crippen molar-refractivity contribution in [3.63, 3.8) is 0 Å². The number of hydrogen-bond donors (Lipinski definition) is 0. The van der Waals surface area contributed by atoms with Crippen molar-refractivity contribution in [2.45, 2.75) is 18.2 Å². The molecular weight excluding hydrogens is 238 g/mol. The zero-order valence-electron chi connectivity index (χ0n) is 10.8. The Morgan fingerprint density at radius 1 is 1.06 bits per heavy atom. The minimum atomic E-state index is 1.09. The lowest BCUT2D eigenvalue weighted by atomic mass is 10.1. The second kappa shape index (κ2) is 4.69. The number of benzene rings is 2. The van der Waals surface area contributed by atoms with Crippen LogP contribution in [0.2, 0.25) is 0 Å². The van der Waals surface area contributed by atoms with E-state index >= 15 is 0 Å². The number of hydrogen-bond acceptors (Lipinski definition) is 2. The van der Waals surface area contributed by atoms with Gasteiger partial charge in [0.05, 0.1) is 0 Å². The molecule has 2 heteroatoms. The zero-order chi connectivity index (χ0) is 12.5. The normalized spacial score (nSPS) is 13.8. The molecule has 2 aromatic rings. The SMILES string of the molecule is CSc1ccc(N2CCc3cc(C)ccc32)cc1. The Morgan fingerprint density at radius 3 is 2.56 bits per heavy atom. The highest BCUT2D eigenvalue weighted by molar-refractivity contribution is 7.98. The van der Waals surface area contributed by atoms with Crippen LogP contribution in [-0.4, -0.2) is 12.8 Å². The summed E-state index contributed by atoms with van der Waals surface area (Å²) in [7, 11) is 0. The molecule has 3 rings (SSSR count). The molecule has 0 unspecified atom stereocenters. The van der Waals surface area contributed by atoms with Gasteiger partial charge < -0.3 is 4.90 Å². The molecule has 0 aliphatic carbocycles. The summed E-state index contributed by atoms with van der Waals surface area (Å²) < 4.78 is 0. The number of fused-ring (bicyclic) bond motifs is 1. The van der Waals surface area contributed by atoms with Crippen LogP contribution in [0.1, 0.15) is 11.1 Å². The molecule has 1 aliphatic heterocycles. The highest BCUT2D eigenvalue weighted by Crippen LogP contribution is 2.35. The lowest BCUT2D eigenvalue weighted by molar-refractivity contribution is 0.997. The maximum Gasteiger partial charge on any atom is 0.0444 e. The Morgan fingerprint density at radius 2 is 1.83 bits per heavy atom. The van der Waals surface area contributed by atoms with Crippen molar-refractivity contribution >= 4 is 23.1 Å². The second-order valence-corrected chi connectivity index (χ2v) is 5.61. The van der Waals surface area contributed by atoms with Gasteiger partial charge in [-0.2, -0.15) is 0 Å². The maximum absolute atomic E-state index is 2.42. The lowest BCUT2D eigenvalue weighted by Gasteiger charge is -2.19. The summed E-state index contributed by atoms with van der Waals surface area (Å²) in [6.45, 7) is 3.26. The smallest absolute Gasteiger partial charge is 0.0444 e. The van der Waals surface area contributed by atoms with Crippen LogP contribution in [0.4, 0.5) is 11.4 Å². The van der Waals surface area contributed by atoms with E-state index in [4.69, 9.17) is 0 Å². The van der Waals surface area contributed by atoms with Gasteiger partial charge in [0.15, 0.2) is 0 Å². The molecule has 0 saturated carbocycles. The van der Waals surface area contributed by atoms with E-state index < -0.39 is 0 Å². The average Bonchev–Trinajstić information content (AvgIpc) is 2.81. The molecule has 1 aliphatic rings. The molecule has 0 radical (unpaired) electrons. The quantitative estimate of drug-likeness (QED) is 0.731. The van der Waals surface area contributed by atoms with E-state index in [1.807, 2.05) is 0 Å². The largest absolute Gasteiger partial charge is 0.341 e. The van der Waals surface area contributed by atoms with Crippen LogP contribution in [0.5, 0.6) is 0 Å². The van der Waals surface area contributed by atoms with E-state index in [1.165, 1.54) is 27.4 Å². The standard InChI is InChI=1S/C16H17NS/c1-12-3-8-16-13(11-12)9-10-17(16)14-4-6-15(18-2)7-5-14/h3-8,11H,9-10H2,1-2H3. The van der Waals surface area contributed by atoms with Gasteiger partial charge in [-0.15, -0.1) is 11.8 Å². The summed E-state index contributed by atoms with van der Waals surface area (Å²) in [5.74, 6) is 0. The molecule has 0 bridgehead atoms. The van der Waals surface area contributed by atoms with E-state index in [0.717, 1.165) is 13.0 Å². The third-order valence-electron chi connectivity index (χ3n) is 3.51. The third kappa shape index (κ3) is 2.01. The number of nitrogens with zero attached hydrogens (tertiary/aromatic N) is 1. The minimum Gasteiger partial charge on any atom is -0.341 e. The zero-order valence-corrected chi connectivity index (χ0v) is 11.6. The molecule has 0 N–H and O–H groups in total. The van der Waals surface area contributed by atoms with Gasteiger partial charge in [-0.05, 0) is 55.5 Å². The summed E-state index contributed by atoms with van der Waals surface area (Å²) in [4.78, 5) is 3.74. The summed E-state index contributed by atoms with van der Waals surface area (Å²) >= 11 is 1.79. The molecule has 0 atom stereocenters. The number of aryl methyl sites for hydroxylation is 1. The topological polar surface area (TPSA) is 3.24 Å². The van der Waals surface area contributed by atoms with Crippen molar-refractivity contribution in [2.75, 3.05) is 17.7 Å². The van der Waals surface area contributed by atoms with Gasteiger partial charge in [0.2, 0.25) is 0 Å². The monoisotopic (exact) mass is 255 g/mol. The van der Waals surface area contributed by atoms with Gasteiger partial charge in [-0.3, -0.25) is 0 Å². The van der Waals surface area contributed by atoms with Crippen molar-refractivity contribution in [2.24, 2.45) is 0 Å². The summed E-state index contributed by atoms with van der Waals surface area (Å²) in [5.41, 5.74) is 5.50. The number of anilines is 2. The fourth-order valence-electron chi connectivity index (χ4n) is 2.56. The summed E-state index contributed by atoms with van der Waals surface area (Å²) in [6.07, 6.45) is 3.27. The molecule has 18 heavy (non-hydrogen) atoms. The van der Waals surface area contributed by atoms with Crippen molar-refractivity contribution < 1.29 is 0 Å². The average molecular weight is 255 g/mol. The molecule has 2 aromatic carbocycles. The van der Waals surface area contributed by atoms with Gasteiger partial charge in [0, 0.05) is 22.8 Å². The molecular formula is C16H17NS. The molecule has 0 spiro atoms. The van der Waals surface area contributed by atoms with E-state index in [9.17, 15) is 0 Å². The third-order valence-corrected chi connectivity index (χ3v) is 4.26. The number of thioether (sulfide) groups is 1. The van der Waals surface area contributed by atoms with E-state index in [-0.39, 0.29) is 0 Å². The Hall–Kier alpha value is -1.41. The van der Waals surface area contributed by atoms with Crippen LogP contribution in [0, 0.1) is 6.92 Å². The van der Waals surface area contributed by atoms with Crippen molar-refractivity contribution in [3.05, 3.63) is 53.6 Å². The second-order valence-electron chi connectivity index (χ2n) is 4.73. The molecule has 0 amide bonds. The van der Waals surface area contributed by atoms with Gasteiger partial charge in [-0.1, -0.05) is 17.7 Å². The first-order valence-electron chi connectivity index (χ1n) is 6.29. The maximum atomic E-state index is 2.42. The van der Waals surface area contributed by atoms with Gasteiger partial charge in [0.1, 0.15) is 0 Å². The number of rotatable bonds is 2. The van der Waals surface area contributed by atoms with E-state index in [0.29, 0.717) is 0 Å². The van der Waals surface area contributed by atoms with Crippen LogP contribution in [0.15, 0.2) is 47.4 Å². The van der Waals surface area contributed by atoms with Crippen LogP contribution < -0.4 is 4.90 Å². The highest BCUT2D eigenvalue weighted by atomic mass is 32.2. The van der Waals surface area contributed by atoms with Crippen LogP contribution in [0.3, 0.4) is 0 Å². The van der Waals surface area contributed by atoms with Crippen LogP contribution >= 0.6 is 11.8 Å². The molecule has 1 nitrogen and oxygen atoms in total. The first-order chi connectivity index (χ1) is 8.78. The molecule has 0 aromatic heterocycles. The van der Waals surface area contributed by atoms with Gasteiger partial charge >= 0.3 is 0 Å². The molecule has 1 heterocycles. The van der Waals surface area contributed by atoms with E-state index in [2.05, 4.69) is 60.5 Å².